The van der Waals surface area contributed by atoms with Crippen LogP contribution in [0.25, 0.3) is 0 Å². The van der Waals surface area contributed by atoms with Crippen molar-refractivity contribution in [2.24, 2.45) is 17.8 Å². The summed E-state index contributed by atoms with van der Waals surface area (Å²) in [5.74, 6) is -0.601. The Bertz CT molecular complexity index is 275. The molecule has 16 heavy (non-hydrogen) atoms. The van der Waals surface area contributed by atoms with Gasteiger partial charge in [0.15, 0.2) is 0 Å². The van der Waals surface area contributed by atoms with Gasteiger partial charge in [-0.25, -0.2) is 0 Å². The van der Waals surface area contributed by atoms with Crippen molar-refractivity contribution in [2.45, 2.75) is 33.1 Å². The largest absolute Gasteiger partial charge is 0.481 e. The summed E-state index contributed by atoms with van der Waals surface area (Å²) in [5, 5.41) is 8.87. The molecular formula is C12H21NO3. The van der Waals surface area contributed by atoms with Crippen LogP contribution in [0.2, 0.25) is 0 Å². The first-order chi connectivity index (χ1) is 7.41. The summed E-state index contributed by atoms with van der Waals surface area (Å²) in [5.41, 5.74) is 0. The van der Waals surface area contributed by atoms with E-state index in [4.69, 9.17) is 5.11 Å². The van der Waals surface area contributed by atoms with E-state index in [1.807, 2.05) is 0 Å². The van der Waals surface area contributed by atoms with E-state index in [1.165, 1.54) is 0 Å². The number of amides is 1. The third-order valence-corrected chi connectivity index (χ3v) is 3.15. The van der Waals surface area contributed by atoms with Gasteiger partial charge in [0.1, 0.15) is 0 Å². The molecule has 2 atom stereocenters. The molecule has 1 aliphatic carbocycles. The summed E-state index contributed by atoms with van der Waals surface area (Å²) in [6.07, 6.45) is 1.87. The zero-order valence-electron chi connectivity index (χ0n) is 10.3. The molecule has 4 heteroatoms. The maximum Gasteiger partial charge on any atom is 0.306 e. The van der Waals surface area contributed by atoms with Crippen LogP contribution in [-0.2, 0) is 9.59 Å². The summed E-state index contributed by atoms with van der Waals surface area (Å²) in [7, 11) is 1.80. The van der Waals surface area contributed by atoms with Gasteiger partial charge in [-0.05, 0) is 25.2 Å². The van der Waals surface area contributed by atoms with E-state index in [-0.39, 0.29) is 17.7 Å². The SMILES string of the molecule is CC(C)CN(C)C(=O)[C@@H]1CC[C@H](C(=O)O)C1. The van der Waals surface area contributed by atoms with Crippen molar-refractivity contribution in [2.75, 3.05) is 13.6 Å². The van der Waals surface area contributed by atoms with E-state index in [0.717, 1.165) is 13.0 Å². The van der Waals surface area contributed by atoms with Gasteiger partial charge < -0.3 is 10.0 Å². The first-order valence-corrected chi connectivity index (χ1v) is 5.89. The smallest absolute Gasteiger partial charge is 0.306 e. The Labute approximate surface area is 96.6 Å². The Morgan fingerprint density at radius 3 is 2.31 bits per heavy atom. The lowest BCUT2D eigenvalue weighted by Crippen LogP contribution is -2.34. The van der Waals surface area contributed by atoms with E-state index in [1.54, 1.807) is 11.9 Å². The fraction of sp³-hybridized carbons (Fsp3) is 0.833. The predicted molar refractivity (Wildman–Crippen MR) is 60.9 cm³/mol. The molecule has 0 saturated heterocycles. The Hall–Kier alpha value is -1.06. The fourth-order valence-corrected chi connectivity index (χ4v) is 2.38. The molecule has 0 heterocycles. The van der Waals surface area contributed by atoms with Crippen molar-refractivity contribution in [3.05, 3.63) is 0 Å². The van der Waals surface area contributed by atoms with Gasteiger partial charge in [0.2, 0.25) is 5.91 Å². The molecule has 1 saturated carbocycles. The summed E-state index contributed by atoms with van der Waals surface area (Å²) in [6, 6.07) is 0. The van der Waals surface area contributed by atoms with Gasteiger partial charge >= 0.3 is 5.97 Å². The highest BCUT2D eigenvalue weighted by Crippen LogP contribution is 2.32. The average Bonchev–Trinajstić information content (AvgIpc) is 2.64. The van der Waals surface area contributed by atoms with Gasteiger partial charge in [-0.2, -0.15) is 0 Å². The number of rotatable bonds is 4. The summed E-state index contributed by atoms with van der Waals surface area (Å²) in [6.45, 7) is 4.88. The minimum atomic E-state index is -0.762. The van der Waals surface area contributed by atoms with Crippen LogP contribution in [0.15, 0.2) is 0 Å². The van der Waals surface area contributed by atoms with Crippen LogP contribution in [0.4, 0.5) is 0 Å². The Morgan fingerprint density at radius 2 is 1.88 bits per heavy atom. The highest BCUT2D eigenvalue weighted by Gasteiger charge is 2.35. The van der Waals surface area contributed by atoms with E-state index < -0.39 is 5.97 Å². The molecular weight excluding hydrogens is 206 g/mol. The van der Waals surface area contributed by atoms with Crippen molar-refractivity contribution >= 4 is 11.9 Å². The topological polar surface area (TPSA) is 57.6 Å². The van der Waals surface area contributed by atoms with Gasteiger partial charge in [-0.1, -0.05) is 13.8 Å². The standard InChI is InChI=1S/C12H21NO3/c1-8(2)7-13(3)11(14)9-4-5-10(6-9)12(15)16/h8-10H,4-7H2,1-3H3,(H,15,16)/t9-,10+/m1/s1. The van der Waals surface area contributed by atoms with Crippen LogP contribution >= 0.6 is 0 Å². The number of hydrogen-bond acceptors (Lipinski definition) is 2. The summed E-state index contributed by atoms with van der Waals surface area (Å²) in [4.78, 5) is 24.5. The predicted octanol–water partition coefficient (Wildman–Crippen LogP) is 1.60. The van der Waals surface area contributed by atoms with Crippen LogP contribution in [0, 0.1) is 17.8 Å². The number of carboxylic acids is 1. The fourth-order valence-electron chi connectivity index (χ4n) is 2.38. The lowest BCUT2D eigenvalue weighted by atomic mass is 10.0. The molecule has 0 radical (unpaired) electrons. The number of nitrogens with zero attached hydrogens (tertiary/aromatic N) is 1. The number of carbonyl (C=O) groups excluding carboxylic acids is 1. The zero-order valence-corrected chi connectivity index (χ0v) is 10.3. The van der Waals surface area contributed by atoms with E-state index in [2.05, 4.69) is 13.8 Å². The highest BCUT2D eigenvalue weighted by molar-refractivity contribution is 5.80. The second kappa shape index (κ2) is 5.32. The minimum absolute atomic E-state index is 0.0788. The molecule has 0 aromatic carbocycles. The summed E-state index contributed by atoms with van der Waals surface area (Å²) < 4.78 is 0. The normalized spacial score (nSPS) is 24.8. The second-order valence-corrected chi connectivity index (χ2v) is 5.16. The van der Waals surface area contributed by atoms with E-state index in [0.29, 0.717) is 18.8 Å². The number of aliphatic carboxylic acids is 1. The molecule has 0 unspecified atom stereocenters. The van der Waals surface area contributed by atoms with Gasteiger partial charge in [0, 0.05) is 19.5 Å². The molecule has 1 rings (SSSR count). The molecule has 0 aromatic heterocycles. The molecule has 4 nitrogen and oxygen atoms in total. The molecule has 0 bridgehead atoms. The van der Waals surface area contributed by atoms with Crippen LogP contribution in [0.3, 0.4) is 0 Å². The first kappa shape index (κ1) is 13.0. The van der Waals surface area contributed by atoms with Gasteiger partial charge in [-0.3, -0.25) is 9.59 Å². The lowest BCUT2D eigenvalue weighted by Gasteiger charge is -2.22. The van der Waals surface area contributed by atoms with E-state index >= 15 is 0 Å². The number of carboxylic acid groups (broad SMARTS) is 1. The second-order valence-electron chi connectivity index (χ2n) is 5.16. The third kappa shape index (κ3) is 3.22. The maximum absolute atomic E-state index is 12.0. The Kier molecular flexibility index (Phi) is 4.33. The molecule has 0 aromatic rings. The van der Waals surface area contributed by atoms with Gasteiger partial charge in [0.05, 0.1) is 5.92 Å². The minimum Gasteiger partial charge on any atom is -0.481 e. The van der Waals surface area contributed by atoms with Gasteiger partial charge in [-0.15, -0.1) is 0 Å². The molecule has 1 amide bonds. The molecule has 1 N–H and O–H groups in total. The van der Waals surface area contributed by atoms with Gasteiger partial charge in [0.25, 0.3) is 0 Å². The molecule has 92 valence electrons. The van der Waals surface area contributed by atoms with Crippen molar-refractivity contribution in [1.29, 1.82) is 0 Å². The monoisotopic (exact) mass is 227 g/mol. The van der Waals surface area contributed by atoms with Crippen LogP contribution in [-0.4, -0.2) is 35.5 Å². The Balaban J connectivity index is 2.47. The highest BCUT2D eigenvalue weighted by atomic mass is 16.4. The Morgan fingerprint density at radius 1 is 1.31 bits per heavy atom. The molecule has 0 spiro atoms. The molecule has 0 aliphatic heterocycles. The van der Waals surface area contributed by atoms with Crippen molar-refractivity contribution in [3.8, 4) is 0 Å². The summed E-state index contributed by atoms with van der Waals surface area (Å²) >= 11 is 0. The number of carbonyl (C=O) groups is 2. The molecule has 1 aliphatic rings. The quantitative estimate of drug-likeness (QED) is 0.793. The van der Waals surface area contributed by atoms with Crippen molar-refractivity contribution in [1.82, 2.24) is 4.90 Å². The first-order valence-electron chi connectivity index (χ1n) is 5.89. The maximum atomic E-state index is 12.0. The van der Waals surface area contributed by atoms with E-state index in [9.17, 15) is 9.59 Å². The van der Waals surface area contributed by atoms with Crippen LogP contribution in [0.1, 0.15) is 33.1 Å². The zero-order chi connectivity index (χ0) is 12.3. The lowest BCUT2D eigenvalue weighted by molar-refractivity contribution is -0.141. The third-order valence-electron chi connectivity index (χ3n) is 3.15. The van der Waals surface area contributed by atoms with Crippen LogP contribution in [0.5, 0.6) is 0 Å². The van der Waals surface area contributed by atoms with Crippen LogP contribution < -0.4 is 0 Å². The average molecular weight is 227 g/mol. The van der Waals surface area contributed by atoms with Crippen molar-refractivity contribution < 1.29 is 14.7 Å². The number of hydrogen-bond donors (Lipinski definition) is 1. The molecule has 1 fully saturated rings. The van der Waals surface area contributed by atoms with Crippen molar-refractivity contribution in [3.63, 3.8) is 0 Å².